The van der Waals surface area contributed by atoms with Gasteiger partial charge in [0.2, 0.25) is 5.91 Å². The summed E-state index contributed by atoms with van der Waals surface area (Å²) in [5, 5.41) is 3.16. The molecule has 0 aromatic carbocycles. The molecule has 0 bridgehead atoms. The topological polar surface area (TPSA) is 55.1 Å². The predicted molar refractivity (Wildman–Crippen MR) is 67.1 cm³/mol. The molecule has 0 aliphatic heterocycles. The molecule has 1 unspecified atom stereocenters. The fourth-order valence-corrected chi connectivity index (χ4v) is 2.37. The molecule has 1 saturated carbocycles. The highest BCUT2D eigenvalue weighted by Crippen LogP contribution is 2.17. The van der Waals surface area contributed by atoms with Crippen LogP contribution in [0.2, 0.25) is 0 Å². The summed E-state index contributed by atoms with van der Waals surface area (Å²) in [6.45, 7) is 2.71. The number of hydrogen-bond acceptors (Lipinski definition) is 2. The zero-order chi connectivity index (χ0) is 11.8. The Kier molecular flexibility index (Phi) is 6.46. The Morgan fingerprint density at radius 2 is 1.94 bits per heavy atom. The summed E-state index contributed by atoms with van der Waals surface area (Å²) in [5.74, 6) is 0.551. The molecule has 1 atom stereocenters. The predicted octanol–water partition coefficient (Wildman–Crippen LogP) is 2.20. The molecule has 3 N–H and O–H groups in total. The monoisotopic (exact) mass is 226 g/mol. The van der Waals surface area contributed by atoms with E-state index in [0.717, 1.165) is 19.3 Å². The number of carbonyl (C=O) groups is 1. The first-order valence-corrected chi connectivity index (χ1v) is 6.75. The van der Waals surface area contributed by atoms with Crippen molar-refractivity contribution in [3.05, 3.63) is 0 Å². The standard InChI is InChI=1S/C13H26N2O/c1-2-11(10-14)9-13(16)15-12-7-5-3-4-6-8-12/h11-12H,2-10,14H2,1H3,(H,15,16). The molecule has 0 radical (unpaired) electrons. The fourth-order valence-electron chi connectivity index (χ4n) is 2.37. The van der Waals surface area contributed by atoms with Gasteiger partial charge in [-0.05, 0) is 25.3 Å². The highest BCUT2D eigenvalue weighted by Gasteiger charge is 2.16. The van der Waals surface area contributed by atoms with Gasteiger partial charge in [-0.2, -0.15) is 0 Å². The van der Waals surface area contributed by atoms with Crippen LogP contribution in [0.4, 0.5) is 0 Å². The molecule has 0 aromatic heterocycles. The van der Waals surface area contributed by atoms with Crippen molar-refractivity contribution in [2.75, 3.05) is 6.54 Å². The number of carbonyl (C=O) groups excluding carboxylic acids is 1. The second-order valence-corrected chi connectivity index (χ2v) is 4.97. The van der Waals surface area contributed by atoms with Crippen LogP contribution in [0, 0.1) is 5.92 Å². The van der Waals surface area contributed by atoms with Crippen molar-refractivity contribution in [1.82, 2.24) is 5.32 Å². The van der Waals surface area contributed by atoms with Gasteiger partial charge in [0.05, 0.1) is 0 Å². The third kappa shape index (κ3) is 4.97. The maximum atomic E-state index is 11.8. The molecule has 1 aliphatic carbocycles. The van der Waals surface area contributed by atoms with Gasteiger partial charge in [-0.15, -0.1) is 0 Å². The molecule has 16 heavy (non-hydrogen) atoms. The van der Waals surface area contributed by atoms with Crippen molar-refractivity contribution in [2.24, 2.45) is 11.7 Å². The van der Waals surface area contributed by atoms with Crippen molar-refractivity contribution in [1.29, 1.82) is 0 Å². The van der Waals surface area contributed by atoms with Crippen molar-refractivity contribution in [3.63, 3.8) is 0 Å². The van der Waals surface area contributed by atoms with E-state index in [4.69, 9.17) is 5.73 Å². The highest BCUT2D eigenvalue weighted by molar-refractivity contribution is 5.76. The zero-order valence-electron chi connectivity index (χ0n) is 10.5. The van der Waals surface area contributed by atoms with E-state index in [1.807, 2.05) is 0 Å². The van der Waals surface area contributed by atoms with E-state index in [1.165, 1.54) is 25.7 Å². The Hall–Kier alpha value is -0.570. The molecule has 1 aliphatic rings. The van der Waals surface area contributed by atoms with Crippen molar-refractivity contribution >= 4 is 5.91 Å². The summed E-state index contributed by atoms with van der Waals surface area (Å²) in [4.78, 5) is 11.8. The van der Waals surface area contributed by atoms with Crippen LogP contribution < -0.4 is 11.1 Å². The van der Waals surface area contributed by atoms with Crippen LogP contribution in [0.5, 0.6) is 0 Å². The third-order valence-corrected chi connectivity index (χ3v) is 3.61. The molecule has 1 rings (SSSR count). The highest BCUT2D eigenvalue weighted by atomic mass is 16.1. The quantitative estimate of drug-likeness (QED) is 0.706. The number of rotatable bonds is 5. The second kappa shape index (κ2) is 7.66. The van der Waals surface area contributed by atoms with E-state index in [-0.39, 0.29) is 5.91 Å². The second-order valence-electron chi connectivity index (χ2n) is 4.97. The smallest absolute Gasteiger partial charge is 0.220 e. The lowest BCUT2D eigenvalue weighted by Crippen LogP contribution is -2.36. The average Bonchev–Trinajstić information content (AvgIpc) is 2.54. The number of nitrogens with two attached hydrogens (primary N) is 1. The number of nitrogens with one attached hydrogen (secondary N) is 1. The van der Waals surface area contributed by atoms with Crippen molar-refractivity contribution in [2.45, 2.75) is 64.3 Å². The van der Waals surface area contributed by atoms with Crippen LogP contribution in [0.25, 0.3) is 0 Å². The van der Waals surface area contributed by atoms with Crippen LogP contribution in [-0.4, -0.2) is 18.5 Å². The summed E-state index contributed by atoms with van der Waals surface area (Å²) in [7, 11) is 0. The van der Waals surface area contributed by atoms with E-state index in [0.29, 0.717) is 24.9 Å². The molecule has 0 saturated heterocycles. The lowest BCUT2D eigenvalue weighted by atomic mass is 10.0. The van der Waals surface area contributed by atoms with Crippen LogP contribution in [0.15, 0.2) is 0 Å². The van der Waals surface area contributed by atoms with Crippen LogP contribution in [-0.2, 0) is 4.79 Å². The van der Waals surface area contributed by atoms with E-state index < -0.39 is 0 Å². The number of hydrogen-bond donors (Lipinski definition) is 2. The van der Waals surface area contributed by atoms with Gasteiger partial charge >= 0.3 is 0 Å². The minimum absolute atomic E-state index is 0.198. The molecule has 94 valence electrons. The minimum atomic E-state index is 0.198. The van der Waals surface area contributed by atoms with Crippen LogP contribution >= 0.6 is 0 Å². The van der Waals surface area contributed by atoms with Gasteiger partial charge in [-0.3, -0.25) is 4.79 Å². The first-order valence-electron chi connectivity index (χ1n) is 6.75. The Balaban J connectivity index is 2.26. The van der Waals surface area contributed by atoms with Gasteiger partial charge in [-0.1, -0.05) is 39.0 Å². The molecule has 1 fully saturated rings. The molecule has 0 heterocycles. The van der Waals surface area contributed by atoms with E-state index in [1.54, 1.807) is 0 Å². The Morgan fingerprint density at radius 3 is 2.44 bits per heavy atom. The van der Waals surface area contributed by atoms with Gasteiger partial charge in [0.15, 0.2) is 0 Å². The van der Waals surface area contributed by atoms with E-state index in [9.17, 15) is 4.79 Å². The summed E-state index contributed by atoms with van der Waals surface area (Å²) >= 11 is 0. The summed E-state index contributed by atoms with van der Waals surface area (Å²) < 4.78 is 0. The molecule has 1 amide bonds. The van der Waals surface area contributed by atoms with Crippen molar-refractivity contribution < 1.29 is 4.79 Å². The molecule has 0 spiro atoms. The average molecular weight is 226 g/mol. The first kappa shape index (κ1) is 13.5. The minimum Gasteiger partial charge on any atom is -0.353 e. The molecular formula is C13H26N2O. The maximum absolute atomic E-state index is 11.8. The Labute approximate surface area is 99.2 Å². The lowest BCUT2D eigenvalue weighted by molar-refractivity contribution is -0.122. The Morgan fingerprint density at radius 1 is 1.31 bits per heavy atom. The van der Waals surface area contributed by atoms with E-state index >= 15 is 0 Å². The zero-order valence-corrected chi connectivity index (χ0v) is 10.5. The van der Waals surface area contributed by atoms with Gasteiger partial charge in [0.1, 0.15) is 0 Å². The van der Waals surface area contributed by atoms with Crippen molar-refractivity contribution in [3.8, 4) is 0 Å². The first-order chi connectivity index (χ1) is 7.76. The summed E-state index contributed by atoms with van der Waals surface area (Å²) in [6.07, 6.45) is 9.09. The van der Waals surface area contributed by atoms with Gasteiger partial charge in [-0.25, -0.2) is 0 Å². The SMILES string of the molecule is CCC(CN)CC(=O)NC1CCCCCC1. The summed E-state index contributed by atoms with van der Waals surface area (Å²) in [6, 6.07) is 0.422. The van der Waals surface area contributed by atoms with Crippen LogP contribution in [0.1, 0.15) is 58.3 Å². The fraction of sp³-hybridized carbons (Fsp3) is 0.923. The molecular weight excluding hydrogens is 200 g/mol. The summed E-state index contributed by atoms with van der Waals surface area (Å²) in [5.41, 5.74) is 5.61. The number of amides is 1. The van der Waals surface area contributed by atoms with Gasteiger partial charge in [0, 0.05) is 12.5 Å². The molecule has 3 nitrogen and oxygen atoms in total. The normalized spacial score (nSPS) is 20.1. The largest absolute Gasteiger partial charge is 0.353 e. The van der Waals surface area contributed by atoms with E-state index in [2.05, 4.69) is 12.2 Å². The lowest BCUT2D eigenvalue weighted by Gasteiger charge is -2.18. The molecule has 0 aromatic rings. The van der Waals surface area contributed by atoms with Gasteiger partial charge in [0.25, 0.3) is 0 Å². The third-order valence-electron chi connectivity index (χ3n) is 3.61. The maximum Gasteiger partial charge on any atom is 0.220 e. The van der Waals surface area contributed by atoms with Crippen LogP contribution in [0.3, 0.4) is 0 Å². The molecule has 3 heteroatoms. The Bertz CT molecular complexity index is 194. The van der Waals surface area contributed by atoms with Gasteiger partial charge < -0.3 is 11.1 Å².